The molecule has 96 valence electrons. The molecule has 1 aromatic carbocycles. The van der Waals surface area contributed by atoms with E-state index in [1.807, 2.05) is 4.90 Å². The van der Waals surface area contributed by atoms with Gasteiger partial charge in [-0.05, 0) is 31.0 Å². The summed E-state index contributed by atoms with van der Waals surface area (Å²) in [7, 11) is 0. The van der Waals surface area contributed by atoms with Gasteiger partial charge in [0.05, 0.1) is 0 Å². The number of benzene rings is 1. The van der Waals surface area contributed by atoms with Crippen molar-refractivity contribution in [3.8, 4) is 0 Å². The lowest BCUT2D eigenvalue weighted by Gasteiger charge is -2.34. The molecule has 2 aliphatic rings. The molecule has 3 rings (SSSR count). The van der Waals surface area contributed by atoms with Crippen LogP contribution in [0.3, 0.4) is 0 Å². The van der Waals surface area contributed by atoms with Crippen molar-refractivity contribution in [3.05, 3.63) is 35.6 Å². The van der Waals surface area contributed by atoms with Crippen LogP contribution in [0.5, 0.6) is 0 Å². The maximum atomic E-state index is 13.1. The van der Waals surface area contributed by atoms with Crippen molar-refractivity contribution in [2.24, 2.45) is 0 Å². The highest BCUT2D eigenvalue weighted by Gasteiger charge is 2.32. The lowest BCUT2D eigenvalue weighted by molar-refractivity contribution is 0.0627. The Bertz CT molecular complexity index is 451. The molecule has 1 heterocycles. The summed E-state index contributed by atoms with van der Waals surface area (Å²) in [6, 6.07) is 6.70. The van der Waals surface area contributed by atoms with E-state index in [4.69, 9.17) is 0 Å². The van der Waals surface area contributed by atoms with Gasteiger partial charge in [-0.3, -0.25) is 9.69 Å². The van der Waals surface area contributed by atoms with Crippen LogP contribution in [0.25, 0.3) is 0 Å². The average molecular weight is 248 g/mol. The van der Waals surface area contributed by atoms with E-state index in [-0.39, 0.29) is 11.7 Å². The van der Waals surface area contributed by atoms with Gasteiger partial charge >= 0.3 is 0 Å². The predicted molar refractivity (Wildman–Crippen MR) is 66.9 cm³/mol. The summed E-state index contributed by atoms with van der Waals surface area (Å²) in [5, 5.41) is 0. The first-order valence-electron chi connectivity index (χ1n) is 6.53. The van der Waals surface area contributed by atoms with E-state index in [2.05, 4.69) is 4.90 Å². The second kappa shape index (κ2) is 4.69. The molecule has 0 unspecified atom stereocenters. The minimum Gasteiger partial charge on any atom is -0.336 e. The van der Waals surface area contributed by atoms with Crippen LogP contribution in [0.15, 0.2) is 24.3 Å². The Morgan fingerprint density at radius 1 is 1.17 bits per heavy atom. The summed E-state index contributed by atoms with van der Waals surface area (Å²) in [4.78, 5) is 16.5. The van der Waals surface area contributed by atoms with Crippen molar-refractivity contribution in [1.82, 2.24) is 9.80 Å². The third-order valence-corrected chi connectivity index (χ3v) is 3.74. The molecule has 1 aliphatic heterocycles. The Balaban J connectivity index is 1.63. The van der Waals surface area contributed by atoms with Gasteiger partial charge in [-0.2, -0.15) is 0 Å². The van der Waals surface area contributed by atoms with Gasteiger partial charge in [-0.1, -0.05) is 6.07 Å². The fourth-order valence-electron chi connectivity index (χ4n) is 2.53. The van der Waals surface area contributed by atoms with Crippen LogP contribution in [0.2, 0.25) is 0 Å². The number of rotatable bonds is 2. The number of hydrogen-bond acceptors (Lipinski definition) is 2. The van der Waals surface area contributed by atoms with E-state index in [0.29, 0.717) is 5.56 Å². The molecule has 1 aromatic rings. The van der Waals surface area contributed by atoms with E-state index in [0.717, 1.165) is 32.2 Å². The van der Waals surface area contributed by atoms with Crippen LogP contribution in [-0.2, 0) is 0 Å². The maximum absolute atomic E-state index is 13.1. The molecular weight excluding hydrogens is 231 g/mol. The zero-order chi connectivity index (χ0) is 12.5. The monoisotopic (exact) mass is 248 g/mol. The summed E-state index contributed by atoms with van der Waals surface area (Å²) in [5.74, 6) is -0.401. The van der Waals surface area contributed by atoms with E-state index in [1.54, 1.807) is 12.1 Å². The quantitative estimate of drug-likeness (QED) is 0.796. The zero-order valence-corrected chi connectivity index (χ0v) is 10.3. The summed E-state index contributed by atoms with van der Waals surface area (Å²) >= 11 is 0. The Morgan fingerprint density at radius 3 is 2.50 bits per heavy atom. The second-order valence-electron chi connectivity index (χ2n) is 5.07. The van der Waals surface area contributed by atoms with Crippen LogP contribution >= 0.6 is 0 Å². The fraction of sp³-hybridized carbons (Fsp3) is 0.500. The Labute approximate surface area is 106 Å². The van der Waals surface area contributed by atoms with Gasteiger partial charge in [-0.15, -0.1) is 0 Å². The highest BCUT2D eigenvalue weighted by molar-refractivity contribution is 5.94. The molecule has 0 N–H and O–H groups in total. The lowest BCUT2D eigenvalue weighted by atomic mass is 10.1. The summed E-state index contributed by atoms with van der Waals surface area (Å²) < 4.78 is 13.1. The first-order chi connectivity index (χ1) is 8.74. The first kappa shape index (κ1) is 11.7. The molecule has 1 aliphatic carbocycles. The third kappa shape index (κ3) is 2.38. The highest BCUT2D eigenvalue weighted by atomic mass is 19.1. The molecule has 2 fully saturated rings. The molecule has 1 amide bonds. The van der Waals surface area contributed by atoms with Gasteiger partial charge in [0.1, 0.15) is 5.82 Å². The number of halogens is 1. The first-order valence-corrected chi connectivity index (χ1v) is 6.53. The van der Waals surface area contributed by atoms with Crippen molar-refractivity contribution < 1.29 is 9.18 Å². The van der Waals surface area contributed by atoms with Gasteiger partial charge in [-0.25, -0.2) is 4.39 Å². The second-order valence-corrected chi connectivity index (χ2v) is 5.07. The molecule has 3 nitrogen and oxygen atoms in total. The molecule has 1 saturated carbocycles. The molecule has 0 spiro atoms. The number of piperazine rings is 1. The Kier molecular flexibility index (Phi) is 3.04. The maximum Gasteiger partial charge on any atom is 0.254 e. The minimum atomic E-state index is -0.350. The van der Waals surface area contributed by atoms with Crippen molar-refractivity contribution in [2.45, 2.75) is 18.9 Å². The molecule has 18 heavy (non-hydrogen) atoms. The Hall–Kier alpha value is -1.42. The van der Waals surface area contributed by atoms with E-state index >= 15 is 0 Å². The average Bonchev–Trinajstić information content (AvgIpc) is 3.22. The smallest absolute Gasteiger partial charge is 0.254 e. The fourth-order valence-corrected chi connectivity index (χ4v) is 2.53. The van der Waals surface area contributed by atoms with Gasteiger partial charge in [0.15, 0.2) is 0 Å². The van der Waals surface area contributed by atoms with Crippen molar-refractivity contribution in [1.29, 1.82) is 0 Å². The van der Waals surface area contributed by atoms with E-state index < -0.39 is 0 Å². The van der Waals surface area contributed by atoms with Crippen LogP contribution in [0.1, 0.15) is 23.2 Å². The summed E-state index contributed by atoms with van der Waals surface area (Å²) in [6.07, 6.45) is 2.61. The van der Waals surface area contributed by atoms with Gasteiger partial charge in [0.2, 0.25) is 0 Å². The number of carbonyl (C=O) groups is 1. The van der Waals surface area contributed by atoms with Gasteiger partial charge < -0.3 is 4.90 Å². The lowest BCUT2D eigenvalue weighted by Crippen LogP contribution is -2.49. The number of hydrogen-bond donors (Lipinski definition) is 0. The van der Waals surface area contributed by atoms with E-state index in [1.165, 1.54) is 25.0 Å². The van der Waals surface area contributed by atoms with Crippen molar-refractivity contribution in [2.75, 3.05) is 26.2 Å². The Morgan fingerprint density at radius 2 is 1.89 bits per heavy atom. The molecular formula is C14H17FN2O. The summed E-state index contributed by atoms with van der Waals surface area (Å²) in [6.45, 7) is 3.41. The van der Waals surface area contributed by atoms with Crippen LogP contribution in [0, 0.1) is 5.82 Å². The summed E-state index contributed by atoms with van der Waals surface area (Å²) in [5.41, 5.74) is 0.454. The van der Waals surface area contributed by atoms with Crippen LogP contribution < -0.4 is 0 Å². The van der Waals surface area contributed by atoms with Gasteiger partial charge in [0.25, 0.3) is 5.91 Å². The number of carbonyl (C=O) groups excluding carboxylic acids is 1. The third-order valence-electron chi connectivity index (χ3n) is 3.74. The standard InChI is InChI=1S/C14H17FN2O/c15-12-3-1-2-11(10-12)14(18)17-8-6-16(7-9-17)13-4-5-13/h1-3,10,13H,4-9H2. The van der Waals surface area contributed by atoms with Crippen molar-refractivity contribution >= 4 is 5.91 Å². The molecule has 0 bridgehead atoms. The van der Waals surface area contributed by atoms with Crippen molar-refractivity contribution in [3.63, 3.8) is 0 Å². The molecule has 4 heteroatoms. The molecule has 1 saturated heterocycles. The normalized spacial score (nSPS) is 21.1. The topological polar surface area (TPSA) is 23.6 Å². The molecule has 0 radical (unpaired) electrons. The van der Waals surface area contributed by atoms with Crippen LogP contribution in [-0.4, -0.2) is 47.9 Å². The largest absolute Gasteiger partial charge is 0.336 e. The van der Waals surface area contributed by atoms with E-state index in [9.17, 15) is 9.18 Å². The highest BCUT2D eigenvalue weighted by Crippen LogP contribution is 2.27. The molecule has 0 atom stereocenters. The minimum absolute atomic E-state index is 0.0510. The molecule has 0 aromatic heterocycles. The number of nitrogens with zero attached hydrogens (tertiary/aromatic N) is 2. The SMILES string of the molecule is O=C(c1cccc(F)c1)N1CCN(C2CC2)CC1. The zero-order valence-electron chi connectivity index (χ0n) is 10.3. The predicted octanol–water partition coefficient (Wildman–Crippen LogP) is 1.75. The van der Waals surface area contributed by atoms with Crippen LogP contribution in [0.4, 0.5) is 4.39 Å². The number of amides is 1. The van der Waals surface area contributed by atoms with Gasteiger partial charge in [0, 0.05) is 37.8 Å².